The topological polar surface area (TPSA) is 147 Å². The van der Waals surface area contributed by atoms with E-state index in [0.717, 1.165) is 20.3 Å². The van der Waals surface area contributed by atoms with Gasteiger partial charge in [-0.3, -0.25) is 10.0 Å². The number of halogens is 1. The first-order valence-corrected chi connectivity index (χ1v) is 10.3. The SMILES string of the molecule is CCOCCn1c(Sc2cc3c(cc2Br)OCO3)nc2c(N)ncnc21.O=CNO. The van der Waals surface area contributed by atoms with Gasteiger partial charge in [0, 0.05) is 16.0 Å². The number of hydroxylamine groups is 1. The lowest BCUT2D eigenvalue weighted by atomic mass is 10.3. The number of fused-ring (bicyclic) bond motifs is 2. The monoisotopic (exact) mass is 498 g/mol. The van der Waals surface area contributed by atoms with Crippen molar-refractivity contribution in [2.24, 2.45) is 0 Å². The van der Waals surface area contributed by atoms with Gasteiger partial charge in [-0.2, -0.15) is 0 Å². The van der Waals surface area contributed by atoms with Gasteiger partial charge in [-0.05, 0) is 35.0 Å². The lowest BCUT2D eigenvalue weighted by Gasteiger charge is -2.09. The second-order valence-corrected chi connectivity index (χ2v) is 7.52. The van der Waals surface area contributed by atoms with Crippen LogP contribution in [0.2, 0.25) is 0 Å². The van der Waals surface area contributed by atoms with Gasteiger partial charge in [-0.15, -0.1) is 0 Å². The number of nitrogen functional groups attached to an aromatic ring is 1. The number of aromatic nitrogens is 4. The Hall–Kier alpha value is -2.61. The summed E-state index contributed by atoms with van der Waals surface area (Å²) in [4.78, 5) is 22.8. The molecule has 11 nitrogen and oxygen atoms in total. The summed E-state index contributed by atoms with van der Waals surface area (Å²) in [6.07, 6.45) is 1.63. The van der Waals surface area contributed by atoms with E-state index in [9.17, 15) is 0 Å². The molecule has 0 atom stereocenters. The largest absolute Gasteiger partial charge is 0.454 e. The number of carbonyl (C=O) groups is 1. The molecule has 0 unspecified atom stereocenters. The van der Waals surface area contributed by atoms with E-state index in [-0.39, 0.29) is 13.2 Å². The molecule has 3 aromatic rings. The van der Waals surface area contributed by atoms with E-state index in [2.05, 4.69) is 30.9 Å². The van der Waals surface area contributed by atoms with Crippen LogP contribution in [0.25, 0.3) is 11.2 Å². The number of rotatable bonds is 7. The van der Waals surface area contributed by atoms with Gasteiger partial charge in [0.05, 0.1) is 13.2 Å². The average Bonchev–Trinajstić information content (AvgIpc) is 3.34. The first-order valence-electron chi connectivity index (χ1n) is 8.73. The summed E-state index contributed by atoms with van der Waals surface area (Å²) >= 11 is 5.07. The van der Waals surface area contributed by atoms with Crippen LogP contribution in [-0.2, 0) is 16.1 Å². The molecule has 0 saturated heterocycles. The maximum absolute atomic E-state index is 8.81. The molecule has 1 aliphatic heterocycles. The van der Waals surface area contributed by atoms with Gasteiger partial charge in [0.1, 0.15) is 6.33 Å². The van der Waals surface area contributed by atoms with Crippen molar-refractivity contribution < 1.29 is 24.2 Å². The van der Waals surface area contributed by atoms with Crippen molar-refractivity contribution in [3.8, 4) is 11.5 Å². The van der Waals surface area contributed by atoms with Crippen LogP contribution in [0.5, 0.6) is 11.5 Å². The molecule has 2 aromatic heterocycles. The molecule has 4 N–H and O–H groups in total. The van der Waals surface area contributed by atoms with Gasteiger partial charge in [0.15, 0.2) is 33.6 Å². The molecule has 1 aliphatic rings. The Morgan fingerprint density at radius 3 is 2.83 bits per heavy atom. The Bertz CT molecular complexity index is 1030. The molecule has 3 heterocycles. The summed E-state index contributed by atoms with van der Waals surface area (Å²) in [7, 11) is 0. The normalized spacial score (nSPS) is 11.8. The van der Waals surface area contributed by atoms with Crippen LogP contribution in [0, 0.1) is 0 Å². The summed E-state index contributed by atoms with van der Waals surface area (Å²) in [6, 6.07) is 3.82. The molecule has 0 spiro atoms. The fourth-order valence-corrected chi connectivity index (χ4v) is 4.10. The first kappa shape index (κ1) is 22.1. The van der Waals surface area contributed by atoms with Crippen LogP contribution < -0.4 is 20.7 Å². The predicted octanol–water partition coefficient (Wildman–Crippen LogP) is 2.21. The average molecular weight is 499 g/mol. The highest BCUT2D eigenvalue weighted by Gasteiger charge is 2.20. The molecular formula is C17H19BrN6O5S. The third kappa shape index (κ3) is 4.92. The van der Waals surface area contributed by atoms with Crippen molar-refractivity contribution in [3.63, 3.8) is 0 Å². The highest BCUT2D eigenvalue weighted by molar-refractivity contribution is 9.10. The van der Waals surface area contributed by atoms with E-state index in [1.165, 1.54) is 23.6 Å². The number of nitrogens with two attached hydrogens (primary N) is 1. The highest BCUT2D eigenvalue weighted by Crippen LogP contribution is 2.43. The molecule has 13 heteroatoms. The maximum atomic E-state index is 8.81. The van der Waals surface area contributed by atoms with Crippen LogP contribution in [0.3, 0.4) is 0 Å². The number of nitrogens with zero attached hydrogens (tertiary/aromatic N) is 4. The summed E-state index contributed by atoms with van der Waals surface area (Å²) in [5.41, 5.74) is 8.50. The zero-order valence-corrected chi connectivity index (χ0v) is 18.3. The van der Waals surface area contributed by atoms with Crippen LogP contribution >= 0.6 is 27.7 Å². The molecule has 4 rings (SSSR count). The Labute approximate surface area is 184 Å². The van der Waals surface area contributed by atoms with E-state index in [1.54, 1.807) is 0 Å². The first-order chi connectivity index (χ1) is 14.6. The molecule has 0 bridgehead atoms. The van der Waals surface area contributed by atoms with Crippen molar-refractivity contribution >= 4 is 51.1 Å². The summed E-state index contributed by atoms with van der Waals surface area (Å²) in [6.45, 7) is 4.02. The summed E-state index contributed by atoms with van der Waals surface area (Å²) in [5, 5.41) is 8.01. The number of anilines is 1. The molecule has 0 fully saturated rings. The smallest absolute Gasteiger partial charge is 0.231 e. The number of hydrogen-bond donors (Lipinski definition) is 3. The van der Waals surface area contributed by atoms with E-state index in [0.29, 0.717) is 42.5 Å². The second-order valence-electron chi connectivity index (χ2n) is 5.66. The fraction of sp³-hybridized carbons (Fsp3) is 0.294. The van der Waals surface area contributed by atoms with Gasteiger partial charge in [0.2, 0.25) is 13.2 Å². The number of benzene rings is 1. The molecule has 160 valence electrons. The van der Waals surface area contributed by atoms with Gasteiger partial charge in [0.25, 0.3) is 0 Å². The van der Waals surface area contributed by atoms with E-state index >= 15 is 0 Å². The van der Waals surface area contributed by atoms with Gasteiger partial charge in [-0.25, -0.2) is 20.4 Å². The predicted molar refractivity (Wildman–Crippen MR) is 112 cm³/mol. The van der Waals surface area contributed by atoms with Crippen LogP contribution in [0.4, 0.5) is 5.82 Å². The Morgan fingerprint density at radius 2 is 2.13 bits per heavy atom. The molecule has 0 radical (unpaired) electrons. The van der Waals surface area contributed by atoms with Crippen molar-refractivity contribution in [2.45, 2.75) is 23.5 Å². The lowest BCUT2D eigenvalue weighted by Crippen LogP contribution is -2.08. The minimum absolute atomic E-state index is 0.181. The third-order valence-corrected chi connectivity index (χ3v) is 5.84. The van der Waals surface area contributed by atoms with E-state index in [1.807, 2.05) is 23.6 Å². The summed E-state index contributed by atoms with van der Waals surface area (Å²) in [5.74, 6) is 1.80. The van der Waals surface area contributed by atoms with Crippen molar-refractivity contribution in [1.29, 1.82) is 0 Å². The number of ether oxygens (including phenoxy) is 3. The quantitative estimate of drug-likeness (QED) is 0.191. The van der Waals surface area contributed by atoms with Crippen LogP contribution in [0.15, 0.2) is 33.0 Å². The number of imidazole rings is 1. The van der Waals surface area contributed by atoms with Crippen molar-refractivity contribution in [2.75, 3.05) is 25.7 Å². The van der Waals surface area contributed by atoms with Crippen LogP contribution in [-0.4, -0.2) is 51.1 Å². The van der Waals surface area contributed by atoms with Gasteiger partial charge >= 0.3 is 0 Å². The lowest BCUT2D eigenvalue weighted by molar-refractivity contribution is -0.116. The zero-order valence-electron chi connectivity index (χ0n) is 15.9. The van der Waals surface area contributed by atoms with Crippen LogP contribution in [0.1, 0.15) is 6.92 Å². The van der Waals surface area contributed by atoms with E-state index < -0.39 is 0 Å². The molecule has 30 heavy (non-hydrogen) atoms. The molecule has 0 saturated carbocycles. The molecule has 1 aromatic carbocycles. The van der Waals surface area contributed by atoms with Crippen molar-refractivity contribution in [1.82, 2.24) is 25.0 Å². The maximum Gasteiger partial charge on any atom is 0.231 e. The number of carbonyl (C=O) groups excluding carboxylic acids is 1. The van der Waals surface area contributed by atoms with Crippen molar-refractivity contribution in [3.05, 3.63) is 22.9 Å². The number of hydrogen-bond acceptors (Lipinski definition) is 10. The van der Waals surface area contributed by atoms with E-state index in [4.69, 9.17) is 29.9 Å². The minimum Gasteiger partial charge on any atom is -0.454 e. The fourth-order valence-electron chi connectivity index (χ4n) is 2.59. The Balaban J connectivity index is 0.000000589. The molecule has 0 aliphatic carbocycles. The zero-order chi connectivity index (χ0) is 21.5. The third-order valence-electron chi connectivity index (χ3n) is 3.87. The van der Waals surface area contributed by atoms with Gasteiger partial charge in [-0.1, -0.05) is 11.8 Å². The summed E-state index contributed by atoms with van der Waals surface area (Å²) < 4.78 is 19.3. The molecule has 1 amide bonds. The second kappa shape index (κ2) is 10.4. The highest BCUT2D eigenvalue weighted by atomic mass is 79.9. The number of amides is 1. The number of nitrogens with one attached hydrogen (secondary N) is 1. The molecular weight excluding hydrogens is 480 g/mol. The Kier molecular flexibility index (Phi) is 7.68. The minimum atomic E-state index is 0.181. The van der Waals surface area contributed by atoms with Gasteiger partial charge < -0.3 is 24.5 Å². The Morgan fingerprint density at radius 1 is 1.40 bits per heavy atom. The standard InChI is InChI=1S/C16H16BrN5O3S.CH3NO2/c1-2-23-4-3-22-15-13(14(18)19-7-20-15)21-16(22)26-12-6-11-10(5-9(12)17)24-8-25-11;3-1-2-4/h5-7H,2-4,8H2,1H3,(H2,18,19,20);1,4H,(H,2,3).